The lowest BCUT2D eigenvalue weighted by atomic mass is 10.1. The van der Waals surface area contributed by atoms with Gasteiger partial charge >= 0.3 is 0 Å². The first-order valence-electron chi connectivity index (χ1n) is 8.20. The molecule has 0 aliphatic carbocycles. The van der Waals surface area contributed by atoms with Crippen molar-refractivity contribution < 1.29 is 27.6 Å². The van der Waals surface area contributed by atoms with Crippen LogP contribution in [0.2, 0.25) is 0 Å². The highest BCUT2D eigenvalue weighted by atomic mass is 32.2. The summed E-state index contributed by atoms with van der Waals surface area (Å²) in [6, 6.07) is 5.25. The Kier molecular flexibility index (Phi) is 6.59. The van der Waals surface area contributed by atoms with E-state index < -0.39 is 27.7 Å². The van der Waals surface area contributed by atoms with Gasteiger partial charge < -0.3 is 5.32 Å². The minimum absolute atomic E-state index is 0.0716. The molecule has 0 aromatic heterocycles. The highest BCUT2D eigenvalue weighted by Crippen LogP contribution is 2.10. The number of rotatable bonds is 8. The fourth-order valence-electron chi connectivity index (χ4n) is 2.44. The molecular weight excluding hydrogens is 374 g/mol. The van der Waals surface area contributed by atoms with Gasteiger partial charge in [-0.15, -0.1) is 0 Å². The minimum atomic E-state index is -3.80. The lowest BCUT2D eigenvalue weighted by molar-refractivity contribution is -0.148. The summed E-state index contributed by atoms with van der Waals surface area (Å²) in [6.07, 6.45) is 3.90. The average Bonchev–Trinajstić information content (AvgIpc) is 2.95. The molecule has 1 aromatic rings. The lowest BCUT2D eigenvalue weighted by Crippen LogP contribution is -2.36. The molecule has 4 amide bonds. The minimum Gasteiger partial charge on any atom is -0.352 e. The van der Waals surface area contributed by atoms with Gasteiger partial charge in [-0.05, 0) is 37.1 Å². The molecule has 9 nitrogen and oxygen atoms in total. The largest absolute Gasteiger partial charge is 0.352 e. The number of carbonyl (C=O) groups is 4. The molecule has 0 unspecified atom stereocenters. The maximum atomic E-state index is 12.0. The molecule has 2 rings (SSSR count). The van der Waals surface area contributed by atoms with E-state index in [1.807, 2.05) is 0 Å². The molecule has 0 fully saturated rings. The zero-order valence-electron chi connectivity index (χ0n) is 14.4. The van der Waals surface area contributed by atoms with Gasteiger partial charge in [0.15, 0.2) is 0 Å². The van der Waals surface area contributed by atoms with Crippen LogP contribution in [-0.4, -0.2) is 43.5 Å². The van der Waals surface area contributed by atoms with Crippen LogP contribution in [0.25, 0.3) is 0 Å². The Hall–Kier alpha value is -2.85. The lowest BCUT2D eigenvalue weighted by Gasteiger charge is -2.11. The Morgan fingerprint density at radius 2 is 1.56 bits per heavy atom. The van der Waals surface area contributed by atoms with E-state index in [-0.39, 0.29) is 17.2 Å². The second-order valence-electron chi connectivity index (χ2n) is 5.87. The zero-order chi connectivity index (χ0) is 20.0. The van der Waals surface area contributed by atoms with Gasteiger partial charge in [0.1, 0.15) is 0 Å². The quantitative estimate of drug-likeness (QED) is 0.473. The Morgan fingerprint density at radius 1 is 0.963 bits per heavy atom. The van der Waals surface area contributed by atoms with Gasteiger partial charge in [0.05, 0.1) is 4.90 Å². The molecule has 0 spiro atoms. The van der Waals surface area contributed by atoms with E-state index in [1.54, 1.807) is 0 Å². The number of sulfonamides is 1. The Bertz CT molecular complexity index is 872. The van der Waals surface area contributed by atoms with E-state index in [2.05, 4.69) is 5.32 Å². The number of primary sulfonamides is 1. The molecule has 0 atom stereocenters. The molecule has 1 aromatic carbocycles. The van der Waals surface area contributed by atoms with Crippen LogP contribution < -0.4 is 10.5 Å². The highest BCUT2D eigenvalue weighted by Gasteiger charge is 2.29. The maximum absolute atomic E-state index is 12.0. The van der Waals surface area contributed by atoms with Crippen LogP contribution in [0.4, 0.5) is 0 Å². The van der Waals surface area contributed by atoms with Crippen molar-refractivity contribution in [2.24, 2.45) is 5.14 Å². The van der Waals surface area contributed by atoms with E-state index in [0.717, 1.165) is 12.2 Å². The molecule has 0 saturated carbocycles. The third-order valence-electron chi connectivity index (χ3n) is 3.86. The smallest absolute Gasteiger partial charge is 0.260 e. The number of nitrogens with two attached hydrogens (primary N) is 1. The Morgan fingerprint density at radius 3 is 2.11 bits per heavy atom. The third-order valence-corrected chi connectivity index (χ3v) is 4.79. The van der Waals surface area contributed by atoms with Crippen molar-refractivity contribution in [3.05, 3.63) is 42.0 Å². The van der Waals surface area contributed by atoms with Crippen LogP contribution >= 0.6 is 0 Å². The van der Waals surface area contributed by atoms with Crippen LogP contribution in [0.5, 0.6) is 0 Å². The van der Waals surface area contributed by atoms with Crippen molar-refractivity contribution in [2.45, 2.75) is 30.6 Å². The summed E-state index contributed by atoms with van der Waals surface area (Å²) in [5.74, 6) is -2.13. The molecule has 0 saturated heterocycles. The van der Waals surface area contributed by atoms with Gasteiger partial charge in [0.25, 0.3) is 17.7 Å². The van der Waals surface area contributed by atoms with E-state index >= 15 is 0 Å². The molecule has 144 valence electrons. The normalized spacial score (nSPS) is 13.9. The standard InChI is InChI=1S/C17H19N3O6S/c18-27(25,26)13-7-5-12(6-8-13)17(24)19-11-3-1-2-4-14(21)20-15(22)9-10-16(20)23/h5-10H,1-4,11H2,(H,19,24)(H2,18,25,26). The molecule has 1 aliphatic heterocycles. The summed E-state index contributed by atoms with van der Waals surface area (Å²) < 4.78 is 22.3. The number of imide groups is 3. The first-order valence-corrected chi connectivity index (χ1v) is 9.75. The molecule has 0 bridgehead atoms. The molecule has 27 heavy (non-hydrogen) atoms. The summed E-state index contributed by atoms with van der Waals surface area (Å²) in [4.78, 5) is 47.0. The number of nitrogens with zero attached hydrogens (tertiary/aromatic N) is 1. The van der Waals surface area contributed by atoms with E-state index in [4.69, 9.17) is 5.14 Å². The second kappa shape index (κ2) is 8.69. The topological polar surface area (TPSA) is 144 Å². The number of unbranched alkanes of at least 4 members (excludes halogenated alkanes) is 2. The summed E-state index contributed by atoms with van der Waals surface area (Å²) in [7, 11) is -3.80. The van der Waals surface area contributed by atoms with E-state index in [9.17, 15) is 27.6 Å². The summed E-state index contributed by atoms with van der Waals surface area (Å²) in [6.45, 7) is 0.368. The van der Waals surface area contributed by atoms with Crippen molar-refractivity contribution in [3.8, 4) is 0 Å². The number of amides is 4. The number of hydrogen-bond acceptors (Lipinski definition) is 6. The van der Waals surface area contributed by atoms with Gasteiger partial charge in [-0.3, -0.25) is 19.2 Å². The maximum Gasteiger partial charge on any atom is 0.260 e. The molecule has 1 heterocycles. The fraction of sp³-hybridized carbons (Fsp3) is 0.294. The van der Waals surface area contributed by atoms with Gasteiger partial charge in [-0.2, -0.15) is 0 Å². The number of benzene rings is 1. The van der Waals surface area contributed by atoms with Crippen molar-refractivity contribution in [1.29, 1.82) is 0 Å². The summed E-state index contributed by atoms with van der Waals surface area (Å²) in [5, 5.41) is 7.67. The van der Waals surface area contributed by atoms with E-state index in [0.29, 0.717) is 36.3 Å². The first kappa shape index (κ1) is 20.5. The summed E-state index contributed by atoms with van der Waals surface area (Å²) >= 11 is 0. The fourth-order valence-corrected chi connectivity index (χ4v) is 2.95. The predicted molar refractivity (Wildman–Crippen MR) is 94.6 cm³/mol. The van der Waals surface area contributed by atoms with Crippen molar-refractivity contribution in [3.63, 3.8) is 0 Å². The number of nitrogens with one attached hydrogen (secondary N) is 1. The van der Waals surface area contributed by atoms with Crippen LogP contribution in [-0.2, 0) is 24.4 Å². The monoisotopic (exact) mass is 393 g/mol. The SMILES string of the molecule is NS(=O)(=O)c1ccc(C(=O)NCCCCCC(=O)N2C(=O)C=CC2=O)cc1. The zero-order valence-corrected chi connectivity index (χ0v) is 15.2. The van der Waals surface area contributed by atoms with Gasteiger partial charge in [-0.1, -0.05) is 6.42 Å². The van der Waals surface area contributed by atoms with Crippen LogP contribution in [0.3, 0.4) is 0 Å². The van der Waals surface area contributed by atoms with Crippen molar-refractivity contribution in [2.75, 3.05) is 6.54 Å². The Labute approximate surface area is 156 Å². The molecule has 0 radical (unpaired) electrons. The van der Waals surface area contributed by atoms with Crippen molar-refractivity contribution >= 4 is 33.7 Å². The predicted octanol–water partition coefficient (Wildman–Crippen LogP) is 0.0758. The molecular formula is C17H19N3O6S. The van der Waals surface area contributed by atoms with Gasteiger partial charge in [-0.25, -0.2) is 18.5 Å². The van der Waals surface area contributed by atoms with Crippen LogP contribution in [0.1, 0.15) is 36.0 Å². The van der Waals surface area contributed by atoms with Gasteiger partial charge in [0.2, 0.25) is 15.9 Å². The van der Waals surface area contributed by atoms with Crippen molar-refractivity contribution in [1.82, 2.24) is 10.2 Å². The highest BCUT2D eigenvalue weighted by molar-refractivity contribution is 7.89. The van der Waals surface area contributed by atoms with Crippen LogP contribution in [0.15, 0.2) is 41.3 Å². The number of hydrogen-bond donors (Lipinski definition) is 2. The average molecular weight is 393 g/mol. The molecule has 1 aliphatic rings. The van der Waals surface area contributed by atoms with E-state index in [1.165, 1.54) is 24.3 Å². The molecule has 10 heteroatoms. The Balaban J connectivity index is 1.67. The van der Waals surface area contributed by atoms with Gasteiger partial charge in [0, 0.05) is 30.7 Å². The van der Waals surface area contributed by atoms with Crippen LogP contribution in [0, 0.1) is 0 Å². The second-order valence-corrected chi connectivity index (χ2v) is 7.44. The summed E-state index contributed by atoms with van der Waals surface area (Å²) in [5.41, 5.74) is 0.302. The third kappa shape index (κ3) is 5.56. The number of carbonyl (C=O) groups excluding carboxylic acids is 4. The first-order chi connectivity index (χ1) is 12.7. The molecule has 3 N–H and O–H groups in total.